The van der Waals surface area contributed by atoms with Crippen LogP contribution in [0.4, 0.5) is 4.39 Å². The lowest BCUT2D eigenvalue weighted by Gasteiger charge is -2.37. The topological polar surface area (TPSA) is 79.0 Å². The molecule has 2 aromatic rings. The van der Waals surface area contributed by atoms with E-state index < -0.39 is 35.7 Å². The van der Waals surface area contributed by atoms with E-state index in [2.05, 4.69) is 43.4 Å². The number of hydrazine groups is 1. The minimum Gasteiger partial charge on any atom is -0.469 e. The zero-order chi connectivity index (χ0) is 32.2. The molecule has 0 saturated heterocycles. The molecule has 0 aromatic heterocycles. The molecule has 3 rings (SSSR count). The zero-order valence-electron chi connectivity index (χ0n) is 27.2. The van der Waals surface area contributed by atoms with Crippen LogP contribution in [-0.4, -0.2) is 55.0 Å². The molecule has 0 bridgehead atoms. The Hall–Kier alpha value is -3.78. The van der Waals surface area contributed by atoms with Crippen LogP contribution < -0.4 is 5.32 Å². The first kappa shape index (κ1) is 33.7. The maximum Gasteiger partial charge on any atom is 0.307 e. The third-order valence-electron chi connectivity index (χ3n) is 8.05. The molecule has 0 spiro atoms. The molecule has 1 unspecified atom stereocenters. The van der Waals surface area contributed by atoms with Gasteiger partial charge in [0.05, 0.1) is 19.6 Å². The van der Waals surface area contributed by atoms with Gasteiger partial charge in [-0.2, -0.15) is 0 Å². The van der Waals surface area contributed by atoms with E-state index in [1.54, 1.807) is 27.9 Å². The maximum atomic E-state index is 15.2. The number of esters is 1. The van der Waals surface area contributed by atoms with E-state index in [1.807, 2.05) is 32.9 Å². The molecule has 232 valence electrons. The molecule has 2 aromatic carbocycles. The molecule has 1 aliphatic carbocycles. The van der Waals surface area contributed by atoms with Crippen LogP contribution in [0.2, 0.25) is 0 Å². The number of fused-ring (bicyclic) bond motifs is 1. The number of nitrogens with zero attached hydrogens (tertiary/aromatic N) is 2. The number of nitrogens with one attached hydrogen (secondary N) is 1. The number of hydrogen-bond donors (Lipinski definition) is 1. The molecule has 0 heterocycles. The monoisotopic (exact) mass is 591 g/mol. The van der Waals surface area contributed by atoms with Crippen LogP contribution in [0.1, 0.15) is 87.7 Å². The number of amides is 2. The van der Waals surface area contributed by atoms with Gasteiger partial charge in [-0.1, -0.05) is 45.0 Å². The predicted molar refractivity (Wildman–Crippen MR) is 170 cm³/mol. The molecule has 0 radical (unpaired) electrons. The van der Waals surface area contributed by atoms with Gasteiger partial charge >= 0.3 is 5.97 Å². The van der Waals surface area contributed by atoms with Gasteiger partial charge in [-0.25, -0.2) is 9.40 Å². The maximum absolute atomic E-state index is 15.2. The van der Waals surface area contributed by atoms with Crippen molar-refractivity contribution in [1.29, 1.82) is 0 Å². The Bertz CT molecular complexity index is 1440. The van der Waals surface area contributed by atoms with Crippen molar-refractivity contribution in [2.75, 3.05) is 21.2 Å². The van der Waals surface area contributed by atoms with E-state index in [4.69, 9.17) is 4.74 Å². The van der Waals surface area contributed by atoms with E-state index in [-0.39, 0.29) is 12.3 Å². The first-order valence-corrected chi connectivity index (χ1v) is 14.9. The summed E-state index contributed by atoms with van der Waals surface area (Å²) in [7, 11) is 4.55. The number of aryl methyl sites for hydroxylation is 2. The molecule has 0 fully saturated rings. The molecule has 1 N–H and O–H groups in total. The standard InChI is InChI=1S/C35H46FN3O4/c1-11-21(4)33(36)35(42)39(38(8)9)29(15-20(2)3)34(41)37-28(19-30(40)43-10)27-18-26(17-25-16-24(7)32(25)27)31-22(5)13-12-14-23(31)6/h12-14,16-18,20,28-29H,11,15,19H2,1-10H3,(H,37,41)/b33-21+/t28-,29?/m0/s1. The Labute approximate surface area is 255 Å². The van der Waals surface area contributed by atoms with Gasteiger partial charge in [0.15, 0.2) is 5.83 Å². The molecule has 43 heavy (non-hydrogen) atoms. The van der Waals surface area contributed by atoms with Crippen LogP contribution in [0.25, 0.3) is 22.8 Å². The summed E-state index contributed by atoms with van der Waals surface area (Å²) in [5.41, 5.74) is 8.50. The van der Waals surface area contributed by atoms with Gasteiger partial charge in [-0.3, -0.25) is 19.4 Å². The van der Waals surface area contributed by atoms with Gasteiger partial charge < -0.3 is 10.1 Å². The molecule has 2 atom stereocenters. The van der Waals surface area contributed by atoms with Crippen molar-refractivity contribution >= 4 is 29.4 Å². The van der Waals surface area contributed by atoms with Gasteiger partial charge in [-0.05, 0) is 109 Å². The highest BCUT2D eigenvalue weighted by Crippen LogP contribution is 2.42. The van der Waals surface area contributed by atoms with Gasteiger partial charge in [0, 0.05) is 14.1 Å². The molecular formula is C35H46FN3O4. The molecule has 2 amide bonds. The van der Waals surface area contributed by atoms with E-state index in [0.29, 0.717) is 18.4 Å². The fourth-order valence-electron chi connectivity index (χ4n) is 5.73. The summed E-state index contributed by atoms with van der Waals surface area (Å²) < 4.78 is 20.2. The third kappa shape index (κ3) is 7.42. The minimum absolute atomic E-state index is 0.0166. The van der Waals surface area contributed by atoms with Crippen molar-refractivity contribution < 1.29 is 23.5 Å². The summed E-state index contributed by atoms with van der Waals surface area (Å²) in [6, 6.07) is 8.57. The van der Waals surface area contributed by atoms with E-state index in [1.165, 1.54) is 17.1 Å². The lowest BCUT2D eigenvalue weighted by molar-refractivity contribution is -0.156. The second kappa shape index (κ2) is 14.1. The van der Waals surface area contributed by atoms with Gasteiger partial charge in [-0.15, -0.1) is 0 Å². The average molecular weight is 592 g/mol. The number of ether oxygens (including phenoxy) is 1. The van der Waals surface area contributed by atoms with Crippen LogP contribution >= 0.6 is 0 Å². The number of methoxy groups -OCH3 is 1. The SMILES string of the molecule is CC/C(C)=C(/F)C(=O)N(C(CC(C)C)C(=O)N[C@@H](CC(=O)OC)c1cc(-c2c(C)cccc2C)cc2c1C(C)=C2)N(C)C. The third-order valence-corrected chi connectivity index (χ3v) is 8.05. The lowest BCUT2D eigenvalue weighted by Crippen LogP contribution is -2.56. The van der Waals surface area contributed by atoms with Crippen LogP contribution in [0.15, 0.2) is 41.7 Å². The van der Waals surface area contributed by atoms with Crippen molar-refractivity contribution in [3.8, 4) is 11.1 Å². The van der Waals surface area contributed by atoms with Crippen LogP contribution in [0, 0.1) is 19.8 Å². The summed E-state index contributed by atoms with van der Waals surface area (Å²) in [5.74, 6) is -2.67. The minimum atomic E-state index is -1.01. The number of allylic oxidation sites excluding steroid dienone is 2. The Morgan fingerprint density at radius 2 is 1.65 bits per heavy atom. The van der Waals surface area contributed by atoms with Gasteiger partial charge in [0.1, 0.15) is 6.04 Å². The van der Waals surface area contributed by atoms with Crippen LogP contribution in [-0.2, 0) is 19.1 Å². The Kier molecular flexibility index (Phi) is 11.1. The van der Waals surface area contributed by atoms with Crippen molar-refractivity contribution in [2.45, 2.75) is 79.8 Å². The van der Waals surface area contributed by atoms with Crippen LogP contribution in [0.3, 0.4) is 0 Å². The summed E-state index contributed by atoms with van der Waals surface area (Å²) in [6.07, 6.45) is 2.65. The van der Waals surface area contributed by atoms with E-state index >= 15 is 4.39 Å². The number of carbonyl (C=O) groups is 3. The first-order valence-electron chi connectivity index (χ1n) is 14.9. The number of rotatable bonds is 12. The van der Waals surface area contributed by atoms with E-state index in [0.717, 1.165) is 44.5 Å². The zero-order valence-corrected chi connectivity index (χ0v) is 27.2. The quantitative estimate of drug-likeness (QED) is 0.164. The fourth-order valence-corrected chi connectivity index (χ4v) is 5.73. The summed E-state index contributed by atoms with van der Waals surface area (Å²) in [4.78, 5) is 40.3. The predicted octanol–water partition coefficient (Wildman–Crippen LogP) is 6.94. The van der Waals surface area contributed by atoms with Crippen molar-refractivity contribution in [3.05, 3.63) is 69.5 Å². The highest BCUT2D eigenvalue weighted by atomic mass is 19.1. The van der Waals surface area contributed by atoms with Crippen molar-refractivity contribution in [2.24, 2.45) is 5.92 Å². The fraction of sp³-hybridized carbons (Fsp3) is 0.457. The molecule has 8 heteroatoms. The van der Waals surface area contributed by atoms with E-state index in [9.17, 15) is 14.4 Å². The summed E-state index contributed by atoms with van der Waals surface area (Å²) in [6.45, 7) is 13.4. The number of halogens is 1. The smallest absolute Gasteiger partial charge is 0.307 e. The number of carbonyl (C=O) groups excluding carboxylic acids is 3. The molecule has 1 aliphatic rings. The average Bonchev–Trinajstić information content (AvgIpc) is 2.93. The van der Waals surface area contributed by atoms with Crippen molar-refractivity contribution in [1.82, 2.24) is 15.3 Å². The second-order valence-electron chi connectivity index (χ2n) is 12.1. The first-order chi connectivity index (χ1) is 20.2. The summed E-state index contributed by atoms with van der Waals surface area (Å²) in [5, 5.41) is 5.71. The molecular weight excluding hydrogens is 545 g/mol. The number of benzene rings is 2. The Morgan fingerprint density at radius 3 is 2.16 bits per heavy atom. The Balaban J connectivity index is 2.14. The Morgan fingerprint density at radius 1 is 1.02 bits per heavy atom. The highest BCUT2D eigenvalue weighted by Gasteiger charge is 2.37. The van der Waals surface area contributed by atoms with Gasteiger partial charge in [0.25, 0.3) is 5.91 Å². The lowest BCUT2D eigenvalue weighted by atomic mass is 9.79. The van der Waals surface area contributed by atoms with Gasteiger partial charge in [0.2, 0.25) is 5.91 Å². The largest absolute Gasteiger partial charge is 0.469 e. The number of hydrogen-bond acceptors (Lipinski definition) is 5. The summed E-state index contributed by atoms with van der Waals surface area (Å²) >= 11 is 0. The normalized spacial score (nSPS) is 14.3. The molecule has 0 saturated carbocycles. The van der Waals surface area contributed by atoms with Crippen molar-refractivity contribution in [3.63, 3.8) is 0 Å². The molecule has 7 nitrogen and oxygen atoms in total. The van der Waals surface area contributed by atoms with Crippen LogP contribution in [0.5, 0.6) is 0 Å². The second-order valence-corrected chi connectivity index (χ2v) is 12.1. The molecule has 0 aliphatic heterocycles. The highest BCUT2D eigenvalue weighted by molar-refractivity contribution is 5.99.